The number of ether oxygens (including phenoxy) is 2. The second kappa shape index (κ2) is 12.5. The normalized spacial score (nSPS) is 16.7. The maximum absolute atomic E-state index is 15.7. The molecule has 6 rings (SSSR count). The van der Waals surface area contributed by atoms with Gasteiger partial charge in [0.2, 0.25) is 0 Å². The van der Waals surface area contributed by atoms with Crippen molar-refractivity contribution in [2.75, 3.05) is 27.8 Å². The van der Waals surface area contributed by atoms with Crippen molar-refractivity contribution in [2.24, 2.45) is 5.92 Å². The Balaban J connectivity index is 1.44. The van der Waals surface area contributed by atoms with E-state index in [2.05, 4.69) is 10.3 Å². The number of benzene rings is 3. The Hall–Kier alpha value is -5.38. The van der Waals surface area contributed by atoms with E-state index < -0.39 is 29.4 Å². The predicted molar refractivity (Wildman–Crippen MR) is 170 cm³/mol. The highest BCUT2D eigenvalue weighted by Gasteiger charge is 2.42. The average Bonchev–Trinajstić information content (AvgIpc) is 3.44. The van der Waals surface area contributed by atoms with Gasteiger partial charge in [-0.3, -0.25) is 9.59 Å². The number of rotatable bonds is 9. The molecule has 0 fully saturated rings. The van der Waals surface area contributed by atoms with Crippen LogP contribution in [0.5, 0.6) is 11.5 Å². The Morgan fingerprint density at radius 1 is 1.09 bits per heavy atom. The van der Waals surface area contributed by atoms with Crippen LogP contribution in [0.4, 0.5) is 8.78 Å². The van der Waals surface area contributed by atoms with Crippen LogP contribution in [0.2, 0.25) is 0 Å². The van der Waals surface area contributed by atoms with Gasteiger partial charge in [-0.25, -0.2) is 8.78 Å². The number of likely N-dealkylation sites (N-methyl/N-ethyl adjacent to an activating group) is 1. The molecular weight excluding hydrogens is 592 g/mol. The molecule has 3 aromatic carbocycles. The highest BCUT2D eigenvalue weighted by molar-refractivity contribution is 5.99. The first kappa shape index (κ1) is 30.6. The topological polar surface area (TPSA) is 104 Å². The molecule has 2 aliphatic rings. The predicted octanol–water partition coefficient (Wildman–Crippen LogP) is 6.31. The molecule has 0 saturated heterocycles. The second-order valence-electron chi connectivity index (χ2n) is 11.2. The quantitative estimate of drug-likeness (QED) is 0.202. The van der Waals surface area contributed by atoms with Crippen molar-refractivity contribution in [1.82, 2.24) is 15.2 Å². The Morgan fingerprint density at radius 3 is 2.65 bits per heavy atom. The summed E-state index contributed by atoms with van der Waals surface area (Å²) < 4.78 is 41.0. The summed E-state index contributed by atoms with van der Waals surface area (Å²) >= 11 is 0. The number of hydrogen-bond acceptors (Lipinski definition) is 5. The number of nitrogens with zero attached hydrogens (tertiary/aromatic N) is 1. The van der Waals surface area contributed by atoms with Gasteiger partial charge in [0, 0.05) is 47.0 Å². The van der Waals surface area contributed by atoms with Gasteiger partial charge in [-0.05, 0) is 66.9 Å². The lowest BCUT2D eigenvalue weighted by atomic mass is 9.78. The van der Waals surface area contributed by atoms with Crippen LogP contribution in [0.15, 0.2) is 95.9 Å². The second-order valence-corrected chi connectivity index (χ2v) is 11.2. The largest absolute Gasteiger partial charge is 0.511 e. The van der Waals surface area contributed by atoms with Gasteiger partial charge in [-0.2, -0.15) is 0 Å². The zero-order chi connectivity index (χ0) is 32.5. The molecule has 3 N–H and O–H groups in total. The molecule has 8 nitrogen and oxygen atoms in total. The fourth-order valence-corrected chi connectivity index (χ4v) is 6.39. The minimum atomic E-state index is -1.18. The summed E-state index contributed by atoms with van der Waals surface area (Å²) in [5, 5.41) is 15.4. The zero-order valence-electron chi connectivity index (χ0n) is 25.6. The number of aromatic nitrogens is 1. The number of aliphatic hydroxyl groups is 1. The molecule has 10 heteroatoms. The fraction of sp³-hybridized carbons (Fsp3) is 0.222. The van der Waals surface area contributed by atoms with Gasteiger partial charge < -0.3 is 29.8 Å². The van der Waals surface area contributed by atoms with E-state index in [1.807, 2.05) is 36.4 Å². The summed E-state index contributed by atoms with van der Waals surface area (Å²) in [6, 6.07) is 15.4. The number of nitrogens with one attached hydrogen (secondary N) is 2. The summed E-state index contributed by atoms with van der Waals surface area (Å²) in [6.07, 6.45) is 6.20. The molecule has 46 heavy (non-hydrogen) atoms. The number of H-pyrrole nitrogens is 1. The molecule has 0 radical (unpaired) electrons. The van der Waals surface area contributed by atoms with Crippen LogP contribution in [0.1, 0.15) is 39.5 Å². The molecule has 1 aliphatic carbocycles. The number of carbonyl (C=O) groups is 2. The third-order valence-electron chi connectivity index (χ3n) is 8.66. The number of carbonyl (C=O) groups excluding carboxylic acids is 2. The van der Waals surface area contributed by atoms with E-state index in [1.54, 1.807) is 31.3 Å². The van der Waals surface area contributed by atoms with Crippen LogP contribution in [-0.4, -0.2) is 54.6 Å². The van der Waals surface area contributed by atoms with Gasteiger partial charge in [0.15, 0.2) is 11.5 Å². The Labute approximate surface area is 264 Å². The zero-order valence-corrected chi connectivity index (χ0v) is 25.6. The van der Waals surface area contributed by atoms with E-state index in [-0.39, 0.29) is 35.8 Å². The molecule has 2 atom stereocenters. The Kier molecular flexibility index (Phi) is 8.36. The van der Waals surface area contributed by atoms with Gasteiger partial charge in [-0.15, -0.1) is 0 Å². The molecule has 2 heterocycles. The van der Waals surface area contributed by atoms with Crippen molar-refractivity contribution in [3.8, 4) is 11.5 Å². The number of halogens is 2. The number of allylic oxidation sites excluding steroid dienone is 3. The van der Waals surface area contributed by atoms with Crippen LogP contribution in [0.3, 0.4) is 0 Å². The molecular formula is C36H33F2N3O5. The van der Waals surface area contributed by atoms with Gasteiger partial charge in [0.05, 0.1) is 31.6 Å². The highest BCUT2D eigenvalue weighted by atomic mass is 19.1. The Morgan fingerprint density at radius 2 is 1.87 bits per heavy atom. The number of aliphatic hydroxyl groups excluding tert-OH is 1. The first-order chi connectivity index (χ1) is 22.2. The molecule has 4 aromatic rings. The fourth-order valence-electron chi connectivity index (χ4n) is 6.39. The molecule has 0 spiro atoms. The van der Waals surface area contributed by atoms with Crippen LogP contribution in [0.25, 0.3) is 10.9 Å². The molecule has 1 aliphatic heterocycles. The summed E-state index contributed by atoms with van der Waals surface area (Å²) in [5.41, 5.74) is 2.69. The summed E-state index contributed by atoms with van der Waals surface area (Å²) in [5.74, 6) is -3.24. The van der Waals surface area contributed by atoms with Crippen LogP contribution >= 0.6 is 0 Å². The van der Waals surface area contributed by atoms with Crippen molar-refractivity contribution in [2.45, 2.75) is 18.8 Å². The summed E-state index contributed by atoms with van der Waals surface area (Å²) in [7, 11) is 4.61. The standard InChI is InChI=1S/C36H33F2N3O5/c1-41-28-11-7-5-9-24(28)34(42)32(36(41)44)31(25-19-21(37)13-14-26(25)38)33-23(22-8-4-6-10-27(22)40-33)16-17-39-35(43)20-12-15-29(45-2)30(18-20)46-3/h4-8,10-15,18-19,24,31,40,42H,9,16-17H2,1-3H3,(H,39,43). The monoisotopic (exact) mass is 625 g/mol. The minimum absolute atomic E-state index is 0.0355. The maximum atomic E-state index is 15.7. The smallest absolute Gasteiger partial charge is 0.258 e. The van der Waals surface area contributed by atoms with Crippen molar-refractivity contribution in [1.29, 1.82) is 0 Å². The van der Waals surface area contributed by atoms with Gasteiger partial charge >= 0.3 is 0 Å². The lowest BCUT2D eigenvalue weighted by Gasteiger charge is -2.37. The lowest BCUT2D eigenvalue weighted by molar-refractivity contribution is -0.126. The van der Waals surface area contributed by atoms with E-state index in [9.17, 15) is 19.1 Å². The molecule has 1 aromatic heterocycles. The van der Waals surface area contributed by atoms with E-state index >= 15 is 4.39 Å². The minimum Gasteiger partial charge on any atom is -0.511 e. The summed E-state index contributed by atoms with van der Waals surface area (Å²) in [6.45, 7) is 0.180. The molecule has 0 bridgehead atoms. The van der Waals surface area contributed by atoms with Crippen molar-refractivity contribution >= 4 is 22.7 Å². The third kappa shape index (κ3) is 5.40. The van der Waals surface area contributed by atoms with Crippen LogP contribution in [0, 0.1) is 17.6 Å². The highest BCUT2D eigenvalue weighted by Crippen LogP contribution is 2.45. The third-order valence-corrected chi connectivity index (χ3v) is 8.66. The van der Waals surface area contributed by atoms with E-state index in [0.717, 1.165) is 23.6 Å². The van der Waals surface area contributed by atoms with Crippen LogP contribution < -0.4 is 14.8 Å². The van der Waals surface area contributed by atoms with Crippen LogP contribution in [-0.2, 0) is 11.2 Å². The SMILES string of the molecule is COc1ccc(C(=O)NCCc2c(C(C3=C(O)C4CC=CC=C4N(C)C3=O)c3cc(F)ccc3F)[nH]c3ccccc23)cc1OC. The van der Waals surface area contributed by atoms with Crippen molar-refractivity contribution in [3.63, 3.8) is 0 Å². The lowest BCUT2D eigenvalue weighted by Crippen LogP contribution is -2.40. The first-order valence-electron chi connectivity index (χ1n) is 14.9. The first-order valence-corrected chi connectivity index (χ1v) is 14.9. The van der Waals surface area contributed by atoms with E-state index in [4.69, 9.17) is 9.47 Å². The number of methoxy groups -OCH3 is 2. The maximum Gasteiger partial charge on any atom is 0.258 e. The molecule has 236 valence electrons. The number of fused-ring (bicyclic) bond motifs is 2. The number of para-hydroxylation sites is 1. The Bertz CT molecular complexity index is 1940. The van der Waals surface area contributed by atoms with Crippen molar-refractivity contribution < 1.29 is 33.0 Å². The van der Waals surface area contributed by atoms with Gasteiger partial charge in [-0.1, -0.05) is 30.4 Å². The van der Waals surface area contributed by atoms with Gasteiger partial charge in [0.1, 0.15) is 17.4 Å². The molecule has 2 amide bonds. The van der Waals surface area contributed by atoms with E-state index in [0.29, 0.717) is 46.0 Å². The molecule has 2 unspecified atom stereocenters. The summed E-state index contributed by atoms with van der Waals surface area (Å²) in [4.78, 5) is 31.9. The van der Waals surface area contributed by atoms with E-state index in [1.165, 1.54) is 19.1 Å². The average molecular weight is 626 g/mol. The number of hydrogen-bond donors (Lipinski definition) is 3. The number of aromatic amines is 1. The molecule has 0 saturated carbocycles. The van der Waals surface area contributed by atoms with Gasteiger partial charge in [0.25, 0.3) is 11.8 Å². The number of amides is 2. The van der Waals surface area contributed by atoms with Crippen molar-refractivity contribution in [3.05, 3.63) is 130 Å².